The molecule has 3 rings (SSSR count). The fourth-order valence-electron chi connectivity index (χ4n) is 3.01. The number of carbonyl (C=O) groups excluding carboxylic acids is 2. The summed E-state index contributed by atoms with van der Waals surface area (Å²) in [6.07, 6.45) is 0.781. The first-order valence-corrected chi connectivity index (χ1v) is 11.8. The van der Waals surface area contributed by atoms with Crippen LogP contribution in [0.3, 0.4) is 0 Å². The number of hydrogen-bond acceptors (Lipinski definition) is 7. The lowest BCUT2D eigenvalue weighted by Gasteiger charge is -2.12. The van der Waals surface area contributed by atoms with E-state index in [1.54, 1.807) is 6.07 Å². The van der Waals surface area contributed by atoms with Gasteiger partial charge in [-0.15, -0.1) is 10.2 Å². The maximum absolute atomic E-state index is 12.3. The number of amides is 1. The molecule has 0 atom stereocenters. The van der Waals surface area contributed by atoms with Crippen LogP contribution in [0.2, 0.25) is 5.02 Å². The smallest absolute Gasteiger partial charge is 0.305 e. The fourth-order valence-corrected chi connectivity index (χ4v) is 3.98. The van der Waals surface area contributed by atoms with E-state index in [1.807, 2.05) is 54.0 Å². The average Bonchev–Trinajstić information content (AvgIpc) is 3.25. The van der Waals surface area contributed by atoms with E-state index in [1.165, 1.54) is 18.9 Å². The van der Waals surface area contributed by atoms with Crippen LogP contribution in [-0.2, 0) is 14.3 Å². The van der Waals surface area contributed by atoms with E-state index >= 15 is 0 Å². The summed E-state index contributed by atoms with van der Waals surface area (Å²) < 4.78 is 12.0. The Labute approximate surface area is 201 Å². The molecule has 0 fully saturated rings. The lowest BCUT2D eigenvalue weighted by Crippen LogP contribution is -2.26. The average molecular weight is 489 g/mol. The molecule has 0 unspecified atom stereocenters. The van der Waals surface area contributed by atoms with Gasteiger partial charge >= 0.3 is 5.97 Å². The van der Waals surface area contributed by atoms with Gasteiger partial charge in [0.15, 0.2) is 11.0 Å². The zero-order chi connectivity index (χ0) is 23.6. The predicted octanol–water partition coefficient (Wildman–Crippen LogP) is 4.15. The van der Waals surface area contributed by atoms with Crippen LogP contribution in [0.4, 0.5) is 0 Å². The largest absolute Gasteiger partial charge is 0.494 e. The van der Waals surface area contributed by atoms with E-state index < -0.39 is 0 Å². The number of nitrogens with zero attached hydrogens (tertiary/aromatic N) is 3. The van der Waals surface area contributed by atoms with Crippen LogP contribution in [0.25, 0.3) is 17.1 Å². The van der Waals surface area contributed by atoms with Gasteiger partial charge in [0.05, 0.1) is 19.5 Å². The molecule has 0 bridgehead atoms. The highest BCUT2D eigenvalue weighted by atomic mass is 35.5. The Morgan fingerprint density at radius 3 is 2.64 bits per heavy atom. The predicted molar refractivity (Wildman–Crippen MR) is 128 cm³/mol. The summed E-state index contributed by atoms with van der Waals surface area (Å²) in [5.41, 5.74) is 1.64. The van der Waals surface area contributed by atoms with Crippen molar-refractivity contribution < 1.29 is 19.1 Å². The molecule has 2 aromatic carbocycles. The lowest BCUT2D eigenvalue weighted by atomic mass is 10.2. The fraction of sp³-hybridized carbons (Fsp3) is 0.304. The standard InChI is InChI=1S/C23H25ClN4O4S/c1-3-32-19-11-9-18(10-12-19)28-22(16-6-4-7-17(24)14-16)26-27-23(28)33-15-20(29)25-13-5-8-21(30)31-2/h4,6-7,9-12,14H,3,5,8,13,15H2,1-2H3,(H,25,29). The first-order valence-electron chi connectivity index (χ1n) is 10.4. The van der Waals surface area contributed by atoms with Gasteiger partial charge in [-0.25, -0.2) is 0 Å². The number of ether oxygens (including phenoxy) is 2. The van der Waals surface area contributed by atoms with Crippen molar-refractivity contribution >= 4 is 35.2 Å². The van der Waals surface area contributed by atoms with Crippen LogP contribution in [-0.4, -0.2) is 52.7 Å². The van der Waals surface area contributed by atoms with E-state index in [0.717, 1.165) is 17.0 Å². The van der Waals surface area contributed by atoms with Gasteiger partial charge in [0.25, 0.3) is 0 Å². The molecule has 0 aliphatic rings. The molecular formula is C23H25ClN4O4S. The van der Waals surface area contributed by atoms with Gasteiger partial charge in [-0.1, -0.05) is 35.5 Å². The number of carbonyl (C=O) groups is 2. The van der Waals surface area contributed by atoms with E-state index in [9.17, 15) is 9.59 Å². The van der Waals surface area contributed by atoms with Crippen LogP contribution in [0.1, 0.15) is 19.8 Å². The summed E-state index contributed by atoms with van der Waals surface area (Å²) >= 11 is 7.46. The second kappa shape index (κ2) is 12.3. The monoisotopic (exact) mass is 488 g/mol. The number of nitrogens with one attached hydrogen (secondary N) is 1. The van der Waals surface area contributed by atoms with Gasteiger partial charge in [-0.05, 0) is 49.7 Å². The van der Waals surface area contributed by atoms with Gasteiger partial charge in [-0.2, -0.15) is 0 Å². The number of halogens is 1. The van der Waals surface area contributed by atoms with E-state index in [4.69, 9.17) is 16.3 Å². The van der Waals surface area contributed by atoms with Crippen LogP contribution in [0.15, 0.2) is 53.7 Å². The van der Waals surface area contributed by atoms with E-state index in [0.29, 0.717) is 35.6 Å². The van der Waals surface area contributed by atoms with Gasteiger partial charge < -0.3 is 14.8 Å². The Kier molecular flexibility index (Phi) is 9.14. The molecule has 0 radical (unpaired) electrons. The van der Waals surface area contributed by atoms with E-state index in [2.05, 4.69) is 20.3 Å². The van der Waals surface area contributed by atoms with Gasteiger partial charge in [-0.3, -0.25) is 14.2 Å². The lowest BCUT2D eigenvalue weighted by molar-refractivity contribution is -0.140. The van der Waals surface area contributed by atoms with Gasteiger partial charge in [0.1, 0.15) is 5.75 Å². The molecule has 3 aromatic rings. The quantitative estimate of drug-likeness (QED) is 0.246. The molecule has 1 aromatic heterocycles. The normalized spacial score (nSPS) is 10.6. The Hall–Kier alpha value is -3.04. The minimum absolute atomic E-state index is 0.156. The minimum Gasteiger partial charge on any atom is -0.494 e. The summed E-state index contributed by atoms with van der Waals surface area (Å²) in [5, 5.41) is 12.6. The summed E-state index contributed by atoms with van der Waals surface area (Å²) in [5.74, 6) is 1.08. The summed E-state index contributed by atoms with van der Waals surface area (Å²) in [4.78, 5) is 23.4. The highest BCUT2D eigenvalue weighted by Gasteiger charge is 2.18. The molecule has 1 N–H and O–H groups in total. The molecular weight excluding hydrogens is 464 g/mol. The molecule has 1 heterocycles. The maximum atomic E-state index is 12.3. The van der Waals surface area contributed by atoms with E-state index in [-0.39, 0.29) is 24.1 Å². The van der Waals surface area contributed by atoms with Crippen molar-refractivity contribution in [3.05, 3.63) is 53.6 Å². The third-order valence-corrected chi connectivity index (χ3v) is 5.73. The molecule has 0 saturated carbocycles. The second-order valence-corrected chi connectivity index (χ2v) is 8.28. The summed E-state index contributed by atoms with van der Waals surface area (Å²) in [7, 11) is 1.34. The first-order chi connectivity index (χ1) is 16.0. The zero-order valence-electron chi connectivity index (χ0n) is 18.4. The first kappa shape index (κ1) is 24.6. The Balaban J connectivity index is 1.77. The minimum atomic E-state index is -0.296. The number of benzene rings is 2. The molecule has 8 nitrogen and oxygen atoms in total. The maximum Gasteiger partial charge on any atom is 0.305 e. The molecule has 0 aliphatic heterocycles. The SMILES string of the molecule is CCOc1ccc(-n2c(SCC(=O)NCCCC(=O)OC)nnc2-c2cccc(Cl)c2)cc1. The molecule has 0 saturated heterocycles. The molecule has 174 valence electrons. The second-order valence-electron chi connectivity index (χ2n) is 6.90. The van der Waals surface area contributed by atoms with Gasteiger partial charge in [0.2, 0.25) is 5.91 Å². The van der Waals surface area contributed by atoms with Crippen molar-refractivity contribution in [3.8, 4) is 22.8 Å². The molecule has 33 heavy (non-hydrogen) atoms. The topological polar surface area (TPSA) is 95.3 Å². The molecule has 0 aliphatic carbocycles. The number of thioether (sulfide) groups is 1. The number of methoxy groups -OCH3 is 1. The third kappa shape index (κ3) is 6.97. The highest BCUT2D eigenvalue weighted by Crippen LogP contribution is 2.30. The van der Waals surface area contributed by atoms with Gasteiger partial charge in [0, 0.05) is 29.2 Å². The highest BCUT2D eigenvalue weighted by molar-refractivity contribution is 7.99. The molecule has 10 heteroatoms. The Morgan fingerprint density at radius 1 is 1.15 bits per heavy atom. The third-order valence-electron chi connectivity index (χ3n) is 4.56. The van der Waals surface area contributed by atoms with Crippen molar-refractivity contribution in [2.75, 3.05) is 26.0 Å². The Bertz CT molecular complexity index is 1090. The number of hydrogen-bond donors (Lipinski definition) is 1. The van der Waals surface area contributed by atoms with Crippen LogP contribution >= 0.6 is 23.4 Å². The molecule has 1 amide bonds. The van der Waals surface area contributed by atoms with Crippen LogP contribution in [0, 0.1) is 0 Å². The van der Waals surface area contributed by atoms with Crippen LogP contribution < -0.4 is 10.1 Å². The van der Waals surface area contributed by atoms with Crippen molar-refractivity contribution in [2.45, 2.75) is 24.9 Å². The zero-order valence-corrected chi connectivity index (χ0v) is 20.0. The van der Waals surface area contributed by atoms with Crippen molar-refractivity contribution in [1.29, 1.82) is 0 Å². The van der Waals surface area contributed by atoms with Crippen molar-refractivity contribution in [2.24, 2.45) is 0 Å². The number of rotatable bonds is 11. The number of aromatic nitrogens is 3. The summed E-state index contributed by atoms with van der Waals surface area (Å²) in [6, 6.07) is 15.0. The Morgan fingerprint density at radius 2 is 1.94 bits per heavy atom. The summed E-state index contributed by atoms with van der Waals surface area (Å²) in [6.45, 7) is 2.91. The van der Waals surface area contributed by atoms with Crippen molar-refractivity contribution in [1.82, 2.24) is 20.1 Å². The number of esters is 1. The van der Waals surface area contributed by atoms with Crippen LogP contribution in [0.5, 0.6) is 5.75 Å². The van der Waals surface area contributed by atoms with Crippen molar-refractivity contribution in [3.63, 3.8) is 0 Å². The molecule has 0 spiro atoms.